The highest BCUT2D eigenvalue weighted by Gasteiger charge is 2.08. The summed E-state index contributed by atoms with van der Waals surface area (Å²) in [6.07, 6.45) is 3.27. The quantitative estimate of drug-likeness (QED) is 0.695. The first-order chi connectivity index (χ1) is 8.79. The minimum absolute atomic E-state index is 0.158. The summed E-state index contributed by atoms with van der Waals surface area (Å²) in [5.41, 5.74) is 2.62. The molecule has 0 aliphatic heterocycles. The molecule has 2 aromatic rings. The van der Waals surface area contributed by atoms with E-state index in [1.807, 2.05) is 12.1 Å². The molecule has 0 bridgehead atoms. The van der Waals surface area contributed by atoms with Gasteiger partial charge in [0.25, 0.3) is 0 Å². The number of aryl methyl sites for hydroxylation is 1. The molecule has 1 unspecified atom stereocenters. The molecular weight excluding hydrogens is 223 g/mol. The average molecular weight is 242 g/mol. The average Bonchev–Trinajstić information content (AvgIpc) is 2.43. The second-order valence-electron chi connectivity index (χ2n) is 4.68. The van der Waals surface area contributed by atoms with Crippen molar-refractivity contribution in [1.29, 1.82) is 0 Å². The number of rotatable bonds is 5. The standard InChI is InChI=1S/C17H19F/c1-2-15(16-6-4-3-5-7-16)11-8-14-9-12-17(18)13-10-14/h3-7,9-10,12-13,15H,2,8,11H2,1H3. The van der Waals surface area contributed by atoms with Gasteiger partial charge in [-0.05, 0) is 48.4 Å². The van der Waals surface area contributed by atoms with Crippen LogP contribution in [0.4, 0.5) is 4.39 Å². The Kier molecular flexibility index (Phi) is 4.52. The molecule has 0 nitrogen and oxygen atoms in total. The molecule has 0 aliphatic carbocycles. The number of hydrogen-bond acceptors (Lipinski definition) is 0. The Balaban J connectivity index is 1.97. The molecule has 1 heteroatoms. The molecule has 0 N–H and O–H groups in total. The predicted octanol–water partition coefficient (Wildman–Crippen LogP) is 4.95. The molecule has 0 fully saturated rings. The van der Waals surface area contributed by atoms with Gasteiger partial charge in [-0.3, -0.25) is 0 Å². The lowest BCUT2D eigenvalue weighted by molar-refractivity contribution is 0.602. The summed E-state index contributed by atoms with van der Waals surface area (Å²) in [4.78, 5) is 0. The lowest BCUT2D eigenvalue weighted by atomic mass is 9.90. The maximum atomic E-state index is 12.8. The van der Waals surface area contributed by atoms with Gasteiger partial charge in [0, 0.05) is 0 Å². The van der Waals surface area contributed by atoms with E-state index in [0.29, 0.717) is 5.92 Å². The third-order valence-electron chi connectivity index (χ3n) is 3.46. The van der Waals surface area contributed by atoms with Crippen LogP contribution < -0.4 is 0 Å². The van der Waals surface area contributed by atoms with Crippen molar-refractivity contribution >= 4 is 0 Å². The van der Waals surface area contributed by atoms with Gasteiger partial charge in [-0.2, -0.15) is 0 Å². The van der Waals surface area contributed by atoms with Crippen molar-refractivity contribution in [3.63, 3.8) is 0 Å². The van der Waals surface area contributed by atoms with E-state index < -0.39 is 0 Å². The van der Waals surface area contributed by atoms with E-state index in [4.69, 9.17) is 0 Å². The molecule has 18 heavy (non-hydrogen) atoms. The SMILES string of the molecule is CCC(CCc1ccc(F)cc1)c1ccccc1. The van der Waals surface area contributed by atoms with Gasteiger partial charge in [0.2, 0.25) is 0 Å². The predicted molar refractivity (Wildman–Crippen MR) is 74.2 cm³/mol. The normalized spacial score (nSPS) is 12.3. The van der Waals surface area contributed by atoms with Crippen LogP contribution in [0.3, 0.4) is 0 Å². The van der Waals surface area contributed by atoms with E-state index >= 15 is 0 Å². The fourth-order valence-electron chi connectivity index (χ4n) is 2.32. The Morgan fingerprint density at radius 3 is 2.22 bits per heavy atom. The number of hydrogen-bond donors (Lipinski definition) is 0. The molecule has 0 spiro atoms. The maximum Gasteiger partial charge on any atom is 0.123 e. The lowest BCUT2D eigenvalue weighted by Crippen LogP contribution is -1.99. The first kappa shape index (κ1) is 12.8. The van der Waals surface area contributed by atoms with Crippen LogP contribution in [-0.2, 0) is 6.42 Å². The molecule has 0 saturated heterocycles. The van der Waals surface area contributed by atoms with Crippen molar-refractivity contribution in [2.24, 2.45) is 0 Å². The highest BCUT2D eigenvalue weighted by molar-refractivity contribution is 5.21. The van der Waals surface area contributed by atoms with Crippen LogP contribution >= 0.6 is 0 Å². The Morgan fingerprint density at radius 2 is 1.61 bits per heavy atom. The van der Waals surface area contributed by atoms with Crippen molar-refractivity contribution in [3.8, 4) is 0 Å². The summed E-state index contributed by atoms with van der Waals surface area (Å²) < 4.78 is 12.8. The maximum absolute atomic E-state index is 12.8. The summed E-state index contributed by atoms with van der Waals surface area (Å²) in [5.74, 6) is 0.435. The van der Waals surface area contributed by atoms with Crippen LogP contribution in [0.15, 0.2) is 54.6 Å². The van der Waals surface area contributed by atoms with Gasteiger partial charge in [0.1, 0.15) is 5.82 Å². The van der Waals surface area contributed by atoms with Crippen LogP contribution in [0.5, 0.6) is 0 Å². The minimum Gasteiger partial charge on any atom is -0.207 e. The largest absolute Gasteiger partial charge is 0.207 e. The second-order valence-corrected chi connectivity index (χ2v) is 4.68. The van der Waals surface area contributed by atoms with Crippen molar-refractivity contribution in [3.05, 3.63) is 71.5 Å². The molecule has 2 aromatic carbocycles. The summed E-state index contributed by atoms with van der Waals surface area (Å²) in [7, 11) is 0. The van der Waals surface area contributed by atoms with E-state index in [2.05, 4.69) is 37.3 Å². The summed E-state index contributed by atoms with van der Waals surface area (Å²) in [6.45, 7) is 2.22. The monoisotopic (exact) mass is 242 g/mol. The van der Waals surface area contributed by atoms with Crippen LogP contribution in [0.1, 0.15) is 36.8 Å². The molecule has 94 valence electrons. The zero-order valence-corrected chi connectivity index (χ0v) is 10.8. The fraction of sp³-hybridized carbons (Fsp3) is 0.294. The molecule has 0 heterocycles. The highest BCUT2D eigenvalue weighted by atomic mass is 19.1. The summed E-state index contributed by atoms with van der Waals surface area (Å²) in [5, 5.41) is 0. The van der Waals surface area contributed by atoms with Crippen molar-refractivity contribution in [2.45, 2.75) is 32.1 Å². The Hall–Kier alpha value is -1.63. The highest BCUT2D eigenvalue weighted by Crippen LogP contribution is 2.24. The first-order valence-corrected chi connectivity index (χ1v) is 6.59. The van der Waals surface area contributed by atoms with E-state index in [-0.39, 0.29) is 5.82 Å². The third-order valence-corrected chi connectivity index (χ3v) is 3.46. The molecule has 1 atom stereocenters. The summed E-state index contributed by atoms with van der Waals surface area (Å²) in [6, 6.07) is 17.5. The molecule has 0 amide bonds. The Labute approximate surface area is 108 Å². The topological polar surface area (TPSA) is 0 Å². The van der Waals surface area contributed by atoms with Crippen LogP contribution in [0.25, 0.3) is 0 Å². The molecule has 0 aromatic heterocycles. The minimum atomic E-state index is -0.158. The molecule has 0 aliphatic rings. The fourth-order valence-corrected chi connectivity index (χ4v) is 2.32. The summed E-state index contributed by atoms with van der Waals surface area (Å²) >= 11 is 0. The van der Waals surface area contributed by atoms with Crippen molar-refractivity contribution < 1.29 is 4.39 Å². The smallest absolute Gasteiger partial charge is 0.123 e. The van der Waals surface area contributed by atoms with E-state index in [0.717, 1.165) is 19.3 Å². The molecular formula is C17H19F. The number of halogens is 1. The molecule has 0 radical (unpaired) electrons. The van der Waals surface area contributed by atoms with Gasteiger partial charge in [-0.25, -0.2) is 4.39 Å². The van der Waals surface area contributed by atoms with Gasteiger partial charge in [-0.15, -0.1) is 0 Å². The lowest BCUT2D eigenvalue weighted by Gasteiger charge is -2.15. The number of benzene rings is 2. The van der Waals surface area contributed by atoms with Crippen LogP contribution in [-0.4, -0.2) is 0 Å². The zero-order chi connectivity index (χ0) is 12.8. The van der Waals surface area contributed by atoms with E-state index in [1.54, 1.807) is 12.1 Å². The van der Waals surface area contributed by atoms with Gasteiger partial charge in [0.05, 0.1) is 0 Å². The van der Waals surface area contributed by atoms with Crippen LogP contribution in [0.2, 0.25) is 0 Å². The second kappa shape index (κ2) is 6.34. The van der Waals surface area contributed by atoms with E-state index in [1.165, 1.54) is 11.1 Å². The Bertz CT molecular complexity index is 459. The van der Waals surface area contributed by atoms with Gasteiger partial charge < -0.3 is 0 Å². The third kappa shape index (κ3) is 3.43. The molecule has 0 saturated carbocycles. The van der Waals surface area contributed by atoms with Crippen molar-refractivity contribution in [2.75, 3.05) is 0 Å². The van der Waals surface area contributed by atoms with E-state index in [9.17, 15) is 4.39 Å². The molecule has 2 rings (SSSR count). The Morgan fingerprint density at radius 1 is 0.944 bits per heavy atom. The zero-order valence-electron chi connectivity index (χ0n) is 10.8. The van der Waals surface area contributed by atoms with Gasteiger partial charge in [0.15, 0.2) is 0 Å². The first-order valence-electron chi connectivity index (χ1n) is 6.59. The van der Waals surface area contributed by atoms with Crippen LogP contribution in [0, 0.1) is 5.82 Å². The van der Waals surface area contributed by atoms with Crippen molar-refractivity contribution in [1.82, 2.24) is 0 Å². The van der Waals surface area contributed by atoms with Gasteiger partial charge >= 0.3 is 0 Å². The van der Waals surface area contributed by atoms with Gasteiger partial charge in [-0.1, -0.05) is 49.4 Å².